The molecule has 3 heteroatoms. The molecule has 0 bridgehead atoms. The summed E-state index contributed by atoms with van der Waals surface area (Å²) in [5, 5.41) is 14.5. The van der Waals surface area contributed by atoms with Crippen molar-refractivity contribution in [3.8, 4) is 0 Å². The number of aromatic nitrogens is 2. The zero-order valence-electron chi connectivity index (χ0n) is 10.5. The Morgan fingerprint density at radius 3 is 2.76 bits per heavy atom. The number of benzene rings is 1. The minimum Gasteiger partial charge on any atom is -0.384 e. The first kappa shape index (κ1) is 11.9. The first-order valence-corrected chi connectivity index (χ1v) is 5.89. The van der Waals surface area contributed by atoms with Gasteiger partial charge in [0.25, 0.3) is 0 Å². The van der Waals surface area contributed by atoms with E-state index in [1.54, 1.807) is 10.9 Å². The van der Waals surface area contributed by atoms with Crippen LogP contribution in [0.5, 0.6) is 0 Å². The molecule has 0 saturated carbocycles. The van der Waals surface area contributed by atoms with Crippen LogP contribution in [0, 0.1) is 6.92 Å². The lowest BCUT2D eigenvalue weighted by Crippen LogP contribution is -2.02. The van der Waals surface area contributed by atoms with Crippen molar-refractivity contribution in [2.75, 3.05) is 0 Å². The van der Waals surface area contributed by atoms with E-state index in [2.05, 4.69) is 24.2 Å². The first-order chi connectivity index (χ1) is 8.13. The summed E-state index contributed by atoms with van der Waals surface area (Å²) in [5.74, 6) is 0. The van der Waals surface area contributed by atoms with Gasteiger partial charge in [0.1, 0.15) is 6.10 Å². The molecule has 3 nitrogen and oxygen atoms in total. The fourth-order valence-corrected chi connectivity index (χ4v) is 1.95. The van der Waals surface area contributed by atoms with E-state index in [1.165, 1.54) is 5.56 Å². The summed E-state index contributed by atoms with van der Waals surface area (Å²) in [5.41, 5.74) is 4.05. The third kappa shape index (κ3) is 2.24. The van der Waals surface area contributed by atoms with Gasteiger partial charge in [0.05, 0.1) is 6.20 Å². The van der Waals surface area contributed by atoms with Gasteiger partial charge in [0, 0.05) is 18.3 Å². The highest BCUT2D eigenvalue weighted by Crippen LogP contribution is 2.24. The summed E-state index contributed by atoms with van der Waals surface area (Å²) in [6, 6.07) is 8.07. The van der Waals surface area contributed by atoms with Crippen molar-refractivity contribution in [3.05, 3.63) is 52.8 Å². The topological polar surface area (TPSA) is 38.1 Å². The van der Waals surface area contributed by atoms with Crippen molar-refractivity contribution in [2.45, 2.75) is 26.4 Å². The average Bonchev–Trinajstić information content (AvgIpc) is 2.69. The second-order valence-electron chi connectivity index (χ2n) is 4.31. The van der Waals surface area contributed by atoms with E-state index in [1.807, 2.05) is 26.1 Å². The Morgan fingerprint density at radius 1 is 1.41 bits per heavy atom. The van der Waals surface area contributed by atoms with Crippen LogP contribution in [0.15, 0.2) is 30.5 Å². The number of aliphatic hydroxyl groups is 1. The molecule has 1 unspecified atom stereocenters. The number of nitrogens with zero attached hydrogens (tertiary/aromatic N) is 2. The molecule has 1 N–H and O–H groups in total. The molecule has 0 aliphatic heterocycles. The van der Waals surface area contributed by atoms with E-state index < -0.39 is 6.10 Å². The Balaban J connectivity index is 2.36. The van der Waals surface area contributed by atoms with Crippen LogP contribution in [0.4, 0.5) is 0 Å². The van der Waals surface area contributed by atoms with Crippen LogP contribution < -0.4 is 0 Å². The fraction of sp³-hybridized carbons (Fsp3) is 0.357. The SMILES string of the molecule is CCc1cccc(C(O)c2cnn(C)c2C)c1. The Labute approximate surface area is 102 Å². The van der Waals surface area contributed by atoms with Gasteiger partial charge in [-0.15, -0.1) is 0 Å². The normalized spacial score (nSPS) is 12.7. The summed E-state index contributed by atoms with van der Waals surface area (Å²) in [6.07, 6.45) is 2.13. The van der Waals surface area contributed by atoms with E-state index in [0.29, 0.717) is 0 Å². The van der Waals surface area contributed by atoms with Gasteiger partial charge in [-0.25, -0.2) is 0 Å². The molecule has 2 rings (SSSR count). The zero-order chi connectivity index (χ0) is 12.4. The molecule has 0 aliphatic rings. The molecule has 1 atom stereocenters. The minimum atomic E-state index is -0.588. The van der Waals surface area contributed by atoms with Gasteiger partial charge >= 0.3 is 0 Å². The number of aryl methyl sites for hydroxylation is 2. The maximum atomic E-state index is 10.4. The lowest BCUT2D eigenvalue weighted by Gasteiger charge is -2.11. The average molecular weight is 230 g/mol. The molecule has 0 aliphatic carbocycles. The molecule has 17 heavy (non-hydrogen) atoms. The molecule has 0 saturated heterocycles. The number of hydrogen-bond acceptors (Lipinski definition) is 2. The van der Waals surface area contributed by atoms with Gasteiger partial charge in [-0.2, -0.15) is 5.10 Å². The predicted octanol–water partition coefficient (Wildman–Crippen LogP) is 2.37. The third-order valence-electron chi connectivity index (χ3n) is 3.24. The predicted molar refractivity (Wildman–Crippen MR) is 67.8 cm³/mol. The fourth-order valence-electron chi connectivity index (χ4n) is 1.95. The van der Waals surface area contributed by atoms with Gasteiger partial charge in [-0.3, -0.25) is 4.68 Å². The van der Waals surface area contributed by atoms with Gasteiger partial charge in [-0.05, 0) is 24.5 Å². The summed E-state index contributed by atoms with van der Waals surface area (Å²) < 4.78 is 1.78. The molecule has 90 valence electrons. The van der Waals surface area contributed by atoms with Crippen LogP contribution in [0.25, 0.3) is 0 Å². The molecule has 1 aromatic carbocycles. The Bertz CT molecular complexity index is 517. The molecule has 0 amide bonds. The van der Waals surface area contributed by atoms with E-state index >= 15 is 0 Å². The monoisotopic (exact) mass is 230 g/mol. The highest BCUT2D eigenvalue weighted by atomic mass is 16.3. The van der Waals surface area contributed by atoms with E-state index in [-0.39, 0.29) is 0 Å². The van der Waals surface area contributed by atoms with Crippen molar-refractivity contribution >= 4 is 0 Å². The van der Waals surface area contributed by atoms with E-state index in [9.17, 15) is 5.11 Å². The highest BCUT2D eigenvalue weighted by Gasteiger charge is 2.15. The molecule has 2 aromatic rings. The lowest BCUT2D eigenvalue weighted by atomic mass is 10.00. The van der Waals surface area contributed by atoms with Gasteiger partial charge in [0.15, 0.2) is 0 Å². The van der Waals surface area contributed by atoms with Crippen molar-refractivity contribution < 1.29 is 5.11 Å². The van der Waals surface area contributed by atoms with E-state index in [4.69, 9.17) is 0 Å². The van der Waals surface area contributed by atoms with Crippen LogP contribution in [-0.2, 0) is 13.5 Å². The highest BCUT2D eigenvalue weighted by molar-refractivity contribution is 5.33. The molecule has 0 radical (unpaired) electrons. The van der Waals surface area contributed by atoms with Crippen LogP contribution in [0.2, 0.25) is 0 Å². The van der Waals surface area contributed by atoms with Crippen molar-refractivity contribution in [1.29, 1.82) is 0 Å². The summed E-state index contributed by atoms with van der Waals surface area (Å²) in [4.78, 5) is 0. The molecule has 0 spiro atoms. The first-order valence-electron chi connectivity index (χ1n) is 5.89. The van der Waals surface area contributed by atoms with Crippen LogP contribution in [0.3, 0.4) is 0 Å². The smallest absolute Gasteiger partial charge is 0.107 e. The Kier molecular flexibility index (Phi) is 3.29. The molecule has 0 fully saturated rings. The lowest BCUT2D eigenvalue weighted by molar-refractivity contribution is 0.219. The van der Waals surface area contributed by atoms with Crippen LogP contribution in [-0.4, -0.2) is 14.9 Å². The second-order valence-corrected chi connectivity index (χ2v) is 4.31. The summed E-state index contributed by atoms with van der Waals surface area (Å²) in [6.45, 7) is 4.08. The largest absolute Gasteiger partial charge is 0.384 e. The third-order valence-corrected chi connectivity index (χ3v) is 3.24. The second kappa shape index (κ2) is 4.72. The minimum absolute atomic E-state index is 0.588. The van der Waals surface area contributed by atoms with Crippen LogP contribution in [0.1, 0.15) is 35.4 Å². The van der Waals surface area contributed by atoms with Crippen molar-refractivity contribution in [3.63, 3.8) is 0 Å². The number of aliphatic hydroxyl groups excluding tert-OH is 1. The number of hydrogen-bond donors (Lipinski definition) is 1. The number of rotatable bonds is 3. The maximum Gasteiger partial charge on any atom is 0.107 e. The van der Waals surface area contributed by atoms with Crippen LogP contribution >= 0.6 is 0 Å². The van der Waals surface area contributed by atoms with E-state index in [0.717, 1.165) is 23.2 Å². The summed E-state index contributed by atoms with van der Waals surface area (Å²) in [7, 11) is 1.88. The zero-order valence-corrected chi connectivity index (χ0v) is 10.5. The Morgan fingerprint density at radius 2 is 2.18 bits per heavy atom. The molecule has 1 aromatic heterocycles. The quantitative estimate of drug-likeness (QED) is 0.879. The molecular formula is C14H18N2O. The van der Waals surface area contributed by atoms with Gasteiger partial charge in [-0.1, -0.05) is 31.2 Å². The van der Waals surface area contributed by atoms with Gasteiger partial charge in [0.2, 0.25) is 0 Å². The van der Waals surface area contributed by atoms with Crippen molar-refractivity contribution in [2.24, 2.45) is 7.05 Å². The standard InChI is InChI=1S/C14H18N2O/c1-4-11-6-5-7-12(8-11)14(17)13-9-15-16(3)10(13)2/h5-9,14,17H,4H2,1-3H3. The Hall–Kier alpha value is -1.61. The molecule has 1 heterocycles. The van der Waals surface area contributed by atoms with Crippen molar-refractivity contribution in [1.82, 2.24) is 9.78 Å². The summed E-state index contributed by atoms with van der Waals surface area (Å²) >= 11 is 0. The molecular weight excluding hydrogens is 212 g/mol. The van der Waals surface area contributed by atoms with Gasteiger partial charge < -0.3 is 5.11 Å². The maximum absolute atomic E-state index is 10.4.